The van der Waals surface area contributed by atoms with Gasteiger partial charge in [-0.15, -0.1) is 0 Å². The second-order valence-corrected chi connectivity index (χ2v) is 4.52. The molecule has 2 atom stereocenters. The SMILES string of the molecule is CCC1C(=O)NCCN1C(=O)C(N)C(C)C. The lowest BCUT2D eigenvalue weighted by molar-refractivity contribution is -0.144. The number of carbonyl (C=O) groups excluding carboxylic acids is 2. The molecular formula is C11H21N3O2. The second-order valence-electron chi connectivity index (χ2n) is 4.52. The highest BCUT2D eigenvalue weighted by Crippen LogP contribution is 2.12. The number of hydrogen-bond donors (Lipinski definition) is 2. The highest BCUT2D eigenvalue weighted by Gasteiger charge is 2.34. The van der Waals surface area contributed by atoms with Crippen LogP contribution in [-0.4, -0.2) is 41.9 Å². The molecule has 1 aliphatic heterocycles. The van der Waals surface area contributed by atoms with Crippen molar-refractivity contribution in [2.75, 3.05) is 13.1 Å². The molecule has 0 saturated carbocycles. The third-order valence-corrected chi connectivity index (χ3v) is 3.00. The average molecular weight is 227 g/mol. The molecule has 0 radical (unpaired) electrons. The van der Waals surface area contributed by atoms with Crippen molar-refractivity contribution in [2.45, 2.75) is 39.3 Å². The zero-order chi connectivity index (χ0) is 12.3. The van der Waals surface area contributed by atoms with Crippen LogP contribution in [0.3, 0.4) is 0 Å². The molecule has 92 valence electrons. The van der Waals surface area contributed by atoms with E-state index in [2.05, 4.69) is 5.32 Å². The van der Waals surface area contributed by atoms with Crippen LogP contribution >= 0.6 is 0 Å². The Balaban J connectivity index is 2.76. The van der Waals surface area contributed by atoms with E-state index in [4.69, 9.17) is 5.73 Å². The summed E-state index contributed by atoms with van der Waals surface area (Å²) in [7, 11) is 0. The Kier molecular flexibility index (Phi) is 4.29. The van der Waals surface area contributed by atoms with Crippen molar-refractivity contribution >= 4 is 11.8 Å². The standard InChI is InChI=1S/C11H21N3O2/c1-4-8-10(15)13-5-6-14(8)11(16)9(12)7(2)3/h7-9H,4-6,12H2,1-3H3,(H,13,15). The van der Waals surface area contributed by atoms with Crippen LogP contribution in [0.4, 0.5) is 0 Å². The van der Waals surface area contributed by atoms with Crippen molar-refractivity contribution < 1.29 is 9.59 Å². The fourth-order valence-corrected chi connectivity index (χ4v) is 1.86. The summed E-state index contributed by atoms with van der Waals surface area (Å²) in [6.45, 7) is 6.80. The van der Waals surface area contributed by atoms with Gasteiger partial charge < -0.3 is 16.0 Å². The minimum absolute atomic E-state index is 0.0712. The molecule has 0 aromatic rings. The number of nitrogens with two attached hydrogens (primary N) is 1. The van der Waals surface area contributed by atoms with Gasteiger partial charge in [0.2, 0.25) is 11.8 Å². The minimum Gasteiger partial charge on any atom is -0.353 e. The summed E-state index contributed by atoms with van der Waals surface area (Å²) < 4.78 is 0. The smallest absolute Gasteiger partial charge is 0.242 e. The summed E-state index contributed by atoms with van der Waals surface area (Å²) in [5.74, 6) is -0.0928. The maximum Gasteiger partial charge on any atom is 0.242 e. The third-order valence-electron chi connectivity index (χ3n) is 3.00. The van der Waals surface area contributed by atoms with E-state index in [0.717, 1.165) is 0 Å². The van der Waals surface area contributed by atoms with Crippen LogP contribution in [0.5, 0.6) is 0 Å². The predicted molar refractivity (Wildman–Crippen MR) is 61.6 cm³/mol. The Bertz CT molecular complexity index is 278. The van der Waals surface area contributed by atoms with Gasteiger partial charge in [0.05, 0.1) is 6.04 Å². The van der Waals surface area contributed by atoms with Crippen LogP contribution in [0.1, 0.15) is 27.2 Å². The highest BCUT2D eigenvalue weighted by atomic mass is 16.2. The highest BCUT2D eigenvalue weighted by molar-refractivity contribution is 5.90. The number of hydrogen-bond acceptors (Lipinski definition) is 3. The maximum atomic E-state index is 12.1. The number of nitrogens with zero attached hydrogens (tertiary/aromatic N) is 1. The molecule has 0 aromatic heterocycles. The van der Waals surface area contributed by atoms with E-state index in [1.165, 1.54) is 0 Å². The minimum atomic E-state index is -0.514. The van der Waals surface area contributed by atoms with Crippen molar-refractivity contribution in [3.63, 3.8) is 0 Å². The maximum absolute atomic E-state index is 12.1. The van der Waals surface area contributed by atoms with E-state index < -0.39 is 6.04 Å². The quantitative estimate of drug-likeness (QED) is 0.695. The first-order valence-electron chi connectivity index (χ1n) is 5.82. The summed E-state index contributed by atoms with van der Waals surface area (Å²) in [4.78, 5) is 25.3. The largest absolute Gasteiger partial charge is 0.353 e. The second kappa shape index (κ2) is 5.30. The van der Waals surface area contributed by atoms with Crippen LogP contribution in [0.2, 0.25) is 0 Å². The molecule has 5 heteroatoms. The first kappa shape index (κ1) is 13.0. The Morgan fingerprint density at radius 1 is 1.62 bits per heavy atom. The van der Waals surface area contributed by atoms with Crippen molar-refractivity contribution in [1.29, 1.82) is 0 Å². The Labute approximate surface area is 96.4 Å². The van der Waals surface area contributed by atoms with Gasteiger partial charge in [0.25, 0.3) is 0 Å². The van der Waals surface area contributed by atoms with E-state index in [1.807, 2.05) is 20.8 Å². The lowest BCUT2D eigenvalue weighted by atomic mass is 10.0. The fourth-order valence-electron chi connectivity index (χ4n) is 1.86. The molecular weight excluding hydrogens is 206 g/mol. The van der Waals surface area contributed by atoms with Crippen LogP contribution in [-0.2, 0) is 9.59 Å². The normalized spacial score (nSPS) is 23.2. The van der Waals surface area contributed by atoms with E-state index in [1.54, 1.807) is 4.90 Å². The monoisotopic (exact) mass is 227 g/mol. The zero-order valence-corrected chi connectivity index (χ0v) is 10.2. The van der Waals surface area contributed by atoms with Crippen molar-refractivity contribution in [3.05, 3.63) is 0 Å². The summed E-state index contributed by atoms with van der Waals surface area (Å²) >= 11 is 0. The average Bonchev–Trinajstić information content (AvgIpc) is 2.26. The lowest BCUT2D eigenvalue weighted by Gasteiger charge is -2.36. The van der Waals surface area contributed by atoms with Gasteiger partial charge in [0, 0.05) is 13.1 Å². The Hall–Kier alpha value is -1.10. The fraction of sp³-hybridized carbons (Fsp3) is 0.818. The molecule has 3 N–H and O–H groups in total. The van der Waals surface area contributed by atoms with Gasteiger partial charge in [-0.05, 0) is 12.3 Å². The number of rotatable bonds is 3. The molecule has 2 unspecified atom stereocenters. The molecule has 0 spiro atoms. The van der Waals surface area contributed by atoms with Gasteiger partial charge in [-0.25, -0.2) is 0 Å². The van der Waals surface area contributed by atoms with Gasteiger partial charge >= 0.3 is 0 Å². The first-order valence-corrected chi connectivity index (χ1v) is 5.82. The zero-order valence-electron chi connectivity index (χ0n) is 10.2. The number of piperazine rings is 1. The molecule has 0 bridgehead atoms. The molecule has 16 heavy (non-hydrogen) atoms. The van der Waals surface area contributed by atoms with Gasteiger partial charge in [-0.1, -0.05) is 20.8 Å². The topological polar surface area (TPSA) is 75.4 Å². The van der Waals surface area contributed by atoms with Crippen LogP contribution in [0, 0.1) is 5.92 Å². The van der Waals surface area contributed by atoms with Gasteiger partial charge in [-0.3, -0.25) is 9.59 Å². The molecule has 1 rings (SSSR count). The molecule has 2 amide bonds. The lowest BCUT2D eigenvalue weighted by Crippen LogP contribution is -2.60. The first-order chi connectivity index (χ1) is 7.49. The van der Waals surface area contributed by atoms with E-state index in [-0.39, 0.29) is 23.8 Å². The van der Waals surface area contributed by atoms with E-state index >= 15 is 0 Å². The summed E-state index contributed by atoms with van der Waals surface area (Å²) in [6, 6.07) is -0.869. The van der Waals surface area contributed by atoms with Crippen molar-refractivity contribution in [1.82, 2.24) is 10.2 Å². The predicted octanol–water partition coefficient (Wildman–Crippen LogP) is -0.293. The Morgan fingerprint density at radius 2 is 2.25 bits per heavy atom. The molecule has 1 heterocycles. The summed E-state index contributed by atoms with van der Waals surface area (Å²) in [5.41, 5.74) is 5.83. The molecule has 1 saturated heterocycles. The van der Waals surface area contributed by atoms with E-state index in [9.17, 15) is 9.59 Å². The van der Waals surface area contributed by atoms with Crippen molar-refractivity contribution in [3.8, 4) is 0 Å². The molecule has 1 fully saturated rings. The van der Waals surface area contributed by atoms with Crippen LogP contribution in [0.25, 0.3) is 0 Å². The van der Waals surface area contributed by atoms with Crippen molar-refractivity contribution in [2.24, 2.45) is 11.7 Å². The third kappa shape index (κ3) is 2.52. The van der Waals surface area contributed by atoms with Gasteiger partial charge in [-0.2, -0.15) is 0 Å². The molecule has 1 aliphatic rings. The number of nitrogens with one attached hydrogen (secondary N) is 1. The van der Waals surface area contributed by atoms with Gasteiger partial charge in [0.1, 0.15) is 6.04 Å². The molecule has 0 aliphatic carbocycles. The molecule has 0 aromatic carbocycles. The van der Waals surface area contributed by atoms with E-state index in [0.29, 0.717) is 19.5 Å². The molecule has 5 nitrogen and oxygen atoms in total. The number of carbonyl (C=O) groups is 2. The Morgan fingerprint density at radius 3 is 2.75 bits per heavy atom. The summed E-state index contributed by atoms with van der Waals surface area (Å²) in [5, 5.41) is 2.76. The van der Waals surface area contributed by atoms with Crippen LogP contribution < -0.4 is 11.1 Å². The number of amides is 2. The summed E-state index contributed by atoms with van der Waals surface area (Å²) in [6.07, 6.45) is 0.627. The van der Waals surface area contributed by atoms with Gasteiger partial charge in [0.15, 0.2) is 0 Å². The van der Waals surface area contributed by atoms with Crippen LogP contribution in [0.15, 0.2) is 0 Å².